The number of carbonyl (C=O) groups excluding carboxylic acids is 1. The van der Waals surface area contributed by atoms with E-state index >= 15 is 0 Å². The molecule has 0 radical (unpaired) electrons. The van der Waals surface area contributed by atoms with E-state index in [0.29, 0.717) is 37.2 Å². The number of carboxylic acids is 1. The van der Waals surface area contributed by atoms with Crippen molar-refractivity contribution in [3.8, 4) is 11.8 Å². The SMILES string of the molecule is CC(Oc1ccc(C#N)cc1)C(=O)N1CCC(C(=O)O)CC1. The van der Waals surface area contributed by atoms with Crippen LogP contribution < -0.4 is 4.74 Å². The lowest BCUT2D eigenvalue weighted by molar-refractivity contribution is -0.147. The number of aliphatic carboxylic acids is 1. The number of nitriles is 1. The molecule has 0 bridgehead atoms. The van der Waals surface area contributed by atoms with Crippen LogP contribution in [0.15, 0.2) is 24.3 Å². The molecule has 1 aromatic rings. The highest BCUT2D eigenvalue weighted by molar-refractivity contribution is 5.81. The number of benzene rings is 1. The van der Waals surface area contributed by atoms with Crippen molar-refractivity contribution >= 4 is 11.9 Å². The maximum Gasteiger partial charge on any atom is 0.306 e. The Kier molecular flexibility index (Phi) is 4.99. The normalized spacial score (nSPS) is 16.6. The van der Waals surface area contributed by atoms with E-state index in [2.05, 4.69) is 0 Å². The molecule has 2 rings (SSSR count). The second-order valence-electron chi connectivity index (χ2n) is 5.33. The second kappa shape index (κ2) is 6.94. The third kappa shape index (κ3) is 3.76. The number of piperidine rings is 1. The van der Waals surface area contributed by atoms with Gasteiger partial charge in [-0.15, -0.1) is 0 Å². The number of hydrogen-bond donors (Lipinski definition) is 1. The van der Waals surface area contributed by atoms with E-state index in [1.165, 1.54) is 0 Å². The molecule has 1 heterocycles. The fraction of sp³-hybridized carbons (Fsp3) is 0.438. The monoisotopic (exact) mass is 302 g/mol. The lowest BCUT2D eigenvalue weighted by Gasteiger charge is -2.32. The Labute approximate surface area is 128 Å². The topological polar surface area (TPSA) is 90.6 Å². The molecule has 1 N–H and O–H groups in total. The molecule has 1 fully saturated rings. The first kappa shape index (κ1) is 15.8. The summed E-state index contributed by atoms with van der Waals surface area (Å²) in [5, 5.41) is 17.7. The van der Waals surface area contributed by atoms with Crippen molar-refractivity contribution in [3.05, 3.63) is 29.8 Å². The summed E-state index contributed by atoms with van der Waals surface area (Å²) >= 11 is 0. The number of amides is 1. The number of ether oxygens (including phenoxy) is 1. The third-order valence-electron chi connectivity index (χ3n) is 3.80. The zero-order chi connectivity index (χ0) is 16.1. The van der Waals surface area contributed by atoms with E-state index in [1.54, 1.807) is 36.1 Å². The molecule has 6 heteroatoms. The predicted molar refractivity (Wildman–Crippen MR) is 78.2 cm³/mol. The zero-order valence-corrected chi connectivity index (χ0v) is 12.4. The van der Waals surface area contributed by atoms with Gasteiger partial charge in [0.2, 0.25) is 0 Å². The van der Waals surface area contributed by atoms with E-state index < -0.39 is 12.1 Å². The van der Waals surface area contributed by atoms with Gasteiger partial charge in [-0.05, 0) is 44.0 Å². The van der Waals surface area contributed by atoms with E-state index in [0.717, 1.165) is 0 Å². The molecule has 1 aliphatic heterocycles. The van der Waals surface area contributed by atoms with E-state index in [1.807, 2.05) is 6.07 Å². The average molecular weight is 302 g/mol. The van der Waals surface area contributed by atoms with Crippen molar-refractivity contribution in [2.45, 2.75) is 25.9 Å². The fourth-order valence-electron chi connectivity index (χ4n) is 2.47. The highest BCUT2D eigenvalue weighted by Gasteiger charge is 2.29. The van der Waals surface area contributed by atoms with Crippen LogP contribution in [0.2, 0.25) is 0 Å². The number of carboxylic acid groups (broad SMARTS) is 1. The van der Waals surface area contributed by atoms with Crippen LogP contribution in [0, 0.1) is 17.2 Å². The summed E-state index contributed by atoms with van der Waals surface area (Å²) in [4.78, 5) is 24.9. The smallest absolute Gasteiger partial charge is 0.306 e. The van der Waals surface area contributed by atoms with Gasteiger partial charge < -0.3 is 14.7 Å². The van der Waals surface area contributed by atoms with Gasteiger partial charge in [-0.2, -0.15) is 5.26 Å². The number of carbonyl (C=O) groups is 2. The van der Waals surface area contributed by atoms with Crippen molar-refractivity contribution in [1.29, 1.82) is 5.26 Å². The molecule has 0 aliphatic carbocycles. The Balaban J connectivity index is 1.89. The molecule has 0 saturated carbocycles. The van der Waals surface area contributed by atoms with Gasteiger partial charge in [0.05, 0.1) is 17.6 Å². The summed E-state index contributed by atoms with van der Waals surface area (Å²) in [6.07, 6.45) is 0.310. The summed E-state index contributed by atoms with van der Waals surface area (Å²) < 4.78 is 5.59. The molecule has 1 unspecified atom stereocenters. The second-order valence-corrected chi connectivity index (χ2v) is 5.33. The number of rotatable bonds is 4. The highest BCUT2D eigenvalue weighted by Crippen LogP contribution is 2.19. The molecule has 0 spiro atoms. The molecule has 1 aliphatic rings. The van der Waals surface area contributed by atoms with Crippen molar-refractivity contribution in [3.63, 3.8) is 0 Å². The van der Waals surface area contributed by atoms with Crippen molar-refractivity contribution in [2.75, 3.05) is 13.1 Å². The summed E-state index contributed by atoms with van der Waals surface area (Å²) in [7, 11) is 0. The van der Waals surface area contributed by atoms with Crippen LogP contribution in [0.25, 0.3) is 0 Å². The van der Waals surface area contributed by atoms with Gasteiger partial charge in [-0.1, -0.05) is 0 Å². The minimum absolute atomic E-state index is 0.145. The Hall–Kier alpha value is -2.55. The van der Waals surface area contributed by atoms with Gasteiger partial charge in [0.15, 0.2) is 6.10 Å². The largest absolute Gasteiger partial charge is 0.481 e. The molecular weight excluding hydrogens is 284 g/mol. The van der Waals surface area contributed by atoms with Crippen LogP contribution >= 0.6 is 0 Å². The molecule has 22 heavy (non-hydrogen) atoms. The molecule has 0 aromatic heterocycles. The van der Waals surface area contributed by atoms with Crippen LogP contribution in [0.4, 0.5) is 0 Å². The highest BCUT2D eigenvalue weighted by atomic mass is 16.5. The Morgan fingerprint density at radius 1 is 1.32 bits per heavy atom. The maximum absolute atomic E-state index is 12.3. The molecular formula is C16H18N2O4. The molecule has 1 atom stereocenters. The van der Waals surface area contributed by atoms with Crippen LogP contribution in [0.1, 0.15) is 25.3 Å². The summed E-state index contributed by atoms with van der Waals surface area (Å²) in [6.45, 7) is 2.55. The first-order chi connectivity index (χ1) is 10.5. The summed E-state index contributed by atoms with van der Waals surface area (Å²) in [5.41, 5.74) is 0.530. The van der Waals surface area contributed by atoms with E-state index in [4.69, 9.17) is 15.1 Å². The first-order valence-corrected chi connectivity index (χ1v) is 7.19. The maximum atomic E-state index is 12.3. The Morgan fingerprint density at radius 3 is 2.41 bits per heavy atom. The van der Waals surface area contributed by atoms with Crippen LogP contribution in [0.5, 0.6) is 5.75 Å². The molecule has 1 amide bonds. The average Bonchev–Trinajstić information content (AvgIpc) is 2.55. The minimum atomic E-state index is -0.797. The van der Waals surface area contributed by atoms with Crippen molar-refractivity contribution in [1.82, 2.24) is 4.90 Å². The van der Waals surface area contributed by atoms with Gasteiger partial charge in [0, 0.05) is 13.1 Å². The molecule has 6 nitrogen and oxygen atoms in total. The van der Waals surface area contributed by atoms with Crippen LogP contribution in [-0.4, -0.2) is 41.1 Å². The van der Waals surface area contributed by atoms with Gasteiger partial charge >= 0.3 is 5.97 Å². The third-order valence-corrected chi connectivity index (χ3v) is 3.80. The summed E-state index contributed by atoms with van der Waals surface area (Å²) in [5.74, 6) is -0.777. The van der Waals surface area contributed by atoms with Crippen molar-refractivity contribution in [2.24, 2.45) is 5.92 Å². The predicted octanol–water partition coefficient (Wildman–Crippen LogP) is 1.65. The Morgan fingerprint density at radius 2 is 1.91 bits per heavy atom. The zero-order valence-electron chi connectivity index (χ0n) is 12.4. The van der Waals surface area contributed by atoms with Gasteiger partial charge in [0.1, 0.15) is 5.75 Å². The van der Waals surface area contributed by atoms with Gasteiger partial charge in [-0.3, -0.25) is 9.59 Å². The molecule has 1 saturated heterocycles. The van der Waals surface area contributed by atoms with Gasteiger partial charge in [-0.25, -0.2) is 0 Å². The van der Waals surface area contributed by atoms with Crippen LogP contribution in [-0.2, 0) is 9.59 Å². The van der Waals surface area contributed by atoms with Crippen molar-refractivity contribution < 1.29 is 19.4 Å². The molecule has 1 aromatic carbocycles. The number of hydrogen-bond acceptors (Lipinski definition) is 4. The lowest BCUT2D eigenvalue weighted by atomic mass is 9.97. The van der Waals surface area contributed by atoms with E-state index in [-0.39, 0.29) is 11.8 Å². The fourth-order valence-corrected chi connectivity index (χ4v) is 2.47. The first-order valence-electron chi connectivity index (χ1n) is 7.19. The standard InChI is InChI=1S/C16H18N2O4/c1-11(22-14-4-2-12(10-17)3-5-14)15(19)18-8-6-13(7-9-18)16(20)21/h2-5,11,13H,6-9H2,1H3,(H,20,21). The quantitative estimate of drug-likeness (QED) is 0.913. The van der Waals surface area contributed by atoms with Gasteiger partial charge in [0.25, 0.3) is 5.91 Å². The summed E-state index contributed by atoms with van der Waals surface area (Å²) in [6, 6.07) is 8.58. The molecule has 116 valence electrons. The number of likely N-dealkylation sites (tertiary alicyclic amines) is 1. The number of nitrogens with zero attached hydrogens (tertiary/aromatic N) is 2. The Bertz CT molecular complexity index is 583. The lowest BCUT2D eigenvalue weighted by Crippen LogP contribution is -2.45. The minimum Gasteiger partial charge on any atom is -0.481 e. The van der Waals surface area contributed by atoms with Crippen LogP contribution in [0.3, 0.4) is 0 Å². The van der Waals surface area contributed by atoms with E-state index in [9.17, 15) is 9.59 Å².